The van der Waals surface area contributed by atoms with Crippen molar-refractivity contribution in [1.82, 2.24) is 4.98 Å². The Morgan fingerprint density at radius 3 is 2.50 bits per heavy atom. The number of nitrogens with two attached hydrogens (primary N) is 1. The zero-order valence-corrected chi connectivity index (χ0v) is 11.3. The Hall–Kier alpha value is -1.78. The molecule has 0 saturated carbocycles. The standard InChI is InChI=1S/C13H22N4O/c1-4-5-16-10-6-11(8-15-7-10)17-9-13(2,3)12(14)18/h6-8,16-17H,4-5,9H2,1-3H3,(H2,14,18). The van der Waals surface area contributed by atoms with E-state index in [1.54, 1.807) is 12.4 Å². The van der Waals surface area contributed by atoms with Gasteiger partial charge < -0.3 is 16.4 Å². The molecular formula is C13H22N4O. The van der Waals surface area contributed by atoms with Crippen molar-refractivity contribution in [3.05, 3.63) is 18.5 Å². The first-order valence-electron chi connectivity index (χ1n) is 6.18. The van der Waals surface area contributed by atoms with E-state index in [9.17, 15) is 4.79 Å². The molecule has 18 heavy (non-hydrogen) atoms. The summed E-state index contributed by atoms with van der Waals surface area (Å²) in [6, 6.07) is 1.97. The van der Waals surface area contributed by atoms with E-state index in [1.807, 2.05) is 19.9 Å². The Kier molecular flexibility index (Phi) is 4.95. The fourth-order valence-electron chi connectivity index (χ4n) is 1.31. The minimum atomic E-state index is -0.577. The maximum absolute atomic E-state index is 11.2. The second-order valence-electron chi connectivity index (χ2n) is 4.99. The van der Waals surface area contributed by atoms with E-state index < -0.39 is 5.41 Å². The largest absolute Gasteiger partial charge is 0.384 e. The molecule has 4 N–H and O–H groups in total. The van der Waals surface area contributed by atoms with Gasteiger partial charge in [-0.2, -0.15) is 0 Å². The monoisotopic (exact) mass is 250 g/mol. The highest BCUT2D eigenvalue weighted by atomic mass is 16.1. The predicted octanol–water partition coefficient (Wildman–Crippen LogP) is 1.83. The molecule has 1 aromatic heterocycles. The van der Waals surface area contributed by atoms with Gasteiger partial charge in [0.05, 0.1) is 29.2 Å². The molecule has 0 aliphatic carbocycles. The lowest BCUT2D eigenvalue weighted by atomic mass is 9.93. The summed E-state index contributed by atoms with van der Waals surface area (Å²) in [4.78, 5) is 15.3. The summed E-state index contributed by atoms with van der Waals surface area (Å²) >= 11 is 0. The molecule has 0 fully saturated rings. The Labute approximate surface area is 108 Å². The summed E-state index contributed by atoms with van der Waals surface area (Å²) in [6.45, 7) is 7.14. The van der Waals surface area contributed by atoms with Crippen molar-refractivity contribution in [2.24, 2.45) is 11.1 Å². The van der Waals surface area contributed by atoms with Crippen molar-refractivity contribution >= 4 is 17.3 Å². The van der Waals surface area contributed by atoms with Gasteiger partial charge in [-0.3, -0.25) is 9.78 Å². The minimum absolute atomic E-state index is 0.316. The third-order valence-corrected chi connectivity index (χ3v) is 2.72. The molecule has 0 saturated heterocycles. The number of primary amides is 1. The predicted molar refractivity (Wildman–Crippen MR) is 74.5 cm³/mol. The fourth-order valence-corrected chi connectivity index (χ4v) is 1.31. The number of nitrogens with one attached hydrogen (secondary N) is 2. The van der Waals surface area contributed by atoms with E-state index in [1.165, 1.54) is 0 Å². The number of aromatic nitrogens is 1. The Morgan fingerprint density at radius 2 is 1.94 bits per heavy atom. The van der Waals surface area contributed by atoms with Gasteiger partial charge in [-0.05, 0) is 26.3 Å². The van der Waals surface area contributed by atoms with Gasteiger partial charge >= 0.3 is 0 Å². The molecule has 0 spiro atoms. The number of hydrogen-bond acceptors (Lipinski definition) is 4. The first-order chi connectivity index (χ1) is 8.45. The zero-order chi connectivity index (χ0) is 13.6. The van der Waals surface area contributed by atoms with Crippen molar-refractivity contribution in [3.63, 3.8) is 0 Å². The first kappa shape index (κ1) is 14.3. The summed E-state index contributed by atoms with van der Waals surface area (Å²) in [5, 5.41) is 6.44. The van der Waals surface area contributed by atoms with Crippen LogP contribution in [0.1, 0.15) is 27.2 Å². The van der Waals surface area contributed by atoms with E-state index in [4.69, 9.17) is 5.73 Å². The van der Waals surface area contributed by atoms with E-state index in [-0.39, 0.29) is 5.91 Å². The molecular weight excluding hydrogens is 228 g/mol. The quantitative estimate of drug-likeness (QED) is 0.689. The third kappa shape index (κ3) is 4.24. The van der Waals surface area contributed by atoms with Crippen LogP contribution in [0, 0.1) is 5.41 Å². The lowest BCUT2D eigenvalue weighted by molar-refractivity contribution is -0.125. The van der Waals surface area contributed by atoms with Gasteiger partial charge in [0.25, 0.3) is 0 Å². The SMILES string of the molecule is CCCNc1cncc(NCC(C)(C)C(N)=O)c1. The average Bonchev–Trinajstić information content (AvgIpc) is 2.34. The maximum Gasteiger partial charge on any atom is 0.224 e. The lowest BCUT2D eigenvalue weighted by Crippen LogP contribution is -2.37. The second kappa shape index (κ2) is 6.23. The first-order valence-corrected chi connectivity index (χ1v) is 6.18. The second-order valence-corrected chi connectivity index (χ2v) is 4.99. The molecule has 0 bridgehead atoms. The molecule has 1 aromatic rings. The molecule has 5 nitrogen and oxygen atoms in total. The number of hydrogen-bond donors (Lipinski definition) is 3. The van der Waals surface area contributed by atoms with Gasteiger partial charge in [-0.15, -0.1) is 0 Å². The van der Waals surface area contributed by atoms with Crippen LogP contribution < -0.4 is 16.4 Å². The number of carbonyl (C=O) groups excluding carboxylic acids is 1. The van der Waals surface area contributed by atoms with Gasteiger partial charge in [-0.25, -0.2) is 0 Å². The summed E-state index contributed by atoms with van der Waals surface area (Å²) in [6.07, 6.45) is 4.57. The van der Waals surface area contributed by atoms with Crippen molar-refractivity contribution in [2.45, 2.75) is 27.2 Å². The van der Waals surface area contributed by atoms with Gasteiger partial charge in [0.1, 0.15) is 0 Å². The number of nitrogens with zero attached hydrogens (tertiary/aromatic N) is 1. The molecule has 0 aliphatic rings. The van der Waals surface area contributed by atoms with Crippen molar-refractivity contribution < 1.29 is 4.79 Å². The molecule has 0 radical (unpaired) electrons. The number of carbonyl (C=O) groups is 1. The highest BCUT2D eigenvalue weighted by molar-refractivity contribution is 5.80. The summed E-state index contributed by atoms with van der Waals surface area (Å²) in [5.41, 5.74) is 6.60. The van der Waals surface area contributed by atoms with Crippen LogP contribution in [0.4, 0.5) is 11.4 Å². The van der Waals surface area contributed by atoms with E-state index in [2.05, 4.69) is 22.5 Å². The van der Waals surface area contributed by atoms with Crippen LogP contribution in [0.2, 0.25) is 0 Å². The number of pyridine rings is 1. The van der Waals surface area contributed by atoms with Crippen molar-refractivity contribution in [2.75, 3.05) is 23.7 Å². The Balaban J connectivity index is 2.60. The number of amides is 1. The lowest BCUT2D eigenvalue weighted by Gasteiger charge is -2.21. The smallest absolute Gasteiger partial charge is 0.224 e. The normalized spacial score (nSPS) is 11.1. The topological polar surface area (TPSA) is 80.0 Å². The van der Waals surface area contributed by atoms with Crippen LogP contribution >= 0.6 is 0 Å². The molecule has 1 rings (SSSR count). The van der Waals surface area contributed by atoms with Crippen LogP contribution in [0.25, 0.3) is 0 Å². The molecule has 0 aliphatic heterocycles. The van der Waals surface area contributed by atoms with Gasteiger partial charge in [-0.1, -0.05) is 6.92 Å². The summed E-state index contributed by atoms with van der Waals surface area (Å²) < 4.78 is 0. The molecule has 0 unspecified atom stereocenters. The van der Waals surface area contributed by atoms with Gasteiger partial charge in [0, 0.05) is 13.1 Å². The van der Waals surface area contributed by atoms with E-state index in [0.29, 0.717) is 6.54 Å². The highest BCUT2D eigenvalue weighted by Crippen LogP contribution is 2.18. The molecule has 0 aromatic carbocycles. The van der Waals surface area contributed by atoms with Gasteiger partial charge in [0.2, 0.25) is 5.91 Å². The van der Waals surface area contributed by atoms with E-state index >= 15 is 0 Å². The summed E-state index contributed by atoms with van der Waals surface area (Å²) in [7, 11) is 0. The summed E-state index contributed by atoms with van der Waals surface area (Å²) in [5.74, 6) is -0.316. The van der Waals surface area contributed by atoms with Crippen LogP contribution in [0.15, 0.2) is 18.5 Å². The van der Waals surface area contributed by atoms with Crippen LogP contribution in [0.5, 0.6) is 0 Å². The van der Waals surface area contributed by atoms with Crippen LogP contribution in [0.3, 0.4) is 0 Å². The maximum atomic E-state index is 11.2. The van der Waals surface area contributed by atoms with Crippen LogP contribution in [-0.2, 0) is 4.79 Å². The Bertz CT molecular complexity index is 404. The Morgan fingerprint density at radius 1 is 1.33 bits per heavy atom. The molecule has 1 amide bonds. The minimum Gasteiger partial charge on any atom is -0.384 e. The average molecular weight is 250 g/mol. The molecule has 1 heterocycles. The zero-order valence-electron chi connectivity index (χ0n) is 11.3. The number of rotatable bonds is 7. The third-order valence-electron chi connectivity index (χ3n) is 2.72. The van der Waals surface area contributed by atoms with Crippen molar-refractivity contribution in [3.8, 4) is 0 Å². The van der Waals surface area contributed by atoms with Crippen molar-refractivity contribution in [1.29, 1.82) is 0 Å². The van der Waals surface area contributed by atoms with Crippen LogP contribution in [-0.4, -0.2) is 24.0 Å². The molecule has 5 heteroatoms. The van der Waals surface area contributed by atoms with Gasteiger partial charge in [0.15, 0.2) is 0 Å². The highest BCUT2D eigenvalue weighted by Gasteiger charge is 2.24. The van der Waals surface area contributed by atoms with E-state index in [0.717, 1.165) is 24.3 Å². The number of anilines is 2. The fraction of sp³-hybridized carbons (Fsp3) is 0.538. The molecule has 0 atom stereocenters. The molecule has 100 valence electrons.